The fourth-order valence-corrected chi connectivity index (χ4v) is 5.43. The third-order valence-corrected chi connectivity index (χ3v) is 7.61. The molecular weight excluding hydrogens is 454 g/mol. The van der Waals surface area contributed by atoms with Crippen LogP contribution in [0.2, 0.25) is 0 Å². The number of amides is 1. The highest BCUT2D eigenvalue weighted by atomic mass is 32.2. The first-order valence-corrected chi connectivity index (χ1v) is 12.8. The Morgan fingerprint density at radius 3 is 2.53 bits per heavy atom. The zero-order valence-corrected chi connectivity index (χ0v) is 21.0. The summed E-state index contributed by atoms with van der Waals surface area (Å²) in [5.74, 6) is 0.658. The quantitative estimate of drug-likeness (QED) is 0.554. The number of aryl methyl sites for hydroxylation is 1. The normalized spacial score (nSPS) is 17.1. The van der Waals surface area contributed by atoms with Gasteiger partial charge in [0.05, 0.1) is 16.3 Å². The Kier molecular flexibility index (Phi) is 6.28. The SMILES string of the molecule is Cc1ccc(S(=O)(=O)n2ccc3c(N4CCCC(N(C)C(=O)OC(C)(C)C)C4)ncnc32)cc1. The van der Waals surface area contributed by atoms with E-state index in [9.17, 15) is 13.2 Å². The zero-order valence-electron chi connectivity index (χ0n) is 20.2. The molecule has 2 aromatic heterocycles. The molecule has 0 bridgehead atoms. The van der Waals surface area contributed by atoms with Gasteiger partial charge in [0.15, 0.2) is 5.65 Å². The predicted octanol–water partition coefficient (Wildman–Crippen LogP) is 3.81. The number of anilines is 1. The van der Waals surface area contributed by atoms with E-state index in [0.29, 0.717) is 23.4 Å². The van der Waals surface area contributed by atoms with Crippen LogP contribution in [-0.2, 0) is 14.8 Å². The Morgan fingerprint density at radius 2 is 1.85 bits per heavy atom. The van der Waals surface area contributed by atoms with Crippen molar-refractivity contribution in [2.24, 2.45) is 0 Å². The van der Waals surface area contributed by atoms with Gasteiger partial charge in [0.2, 0.25) is 0 Å². The van der Waals surface area contributed by atoms with E-state index in [1.54, 1.807) is 42.3 Å². The summed E-state index contributed by atoms with van der Waals surface area (Å²) in [4.78, 5) is 25.3. The number of rotatable bonds is 4. The van der Waals surface area contributed by atoms with E-state index in [1.807, 2.05) is 27.7 Å². The fraction of sp³-hybridized carbons (Fsp3) is 0.458. The molecule has 1 saturated heterocycles. The van der Waals surface area contributed by atoms with Crippen molar-refractivity contribution in [2.45, 2.75) is 57.1 Å². The molecule has 0 N–H and O–H groups in total. The number of aromatic nitrogens is 3. The molecule has 1 aliphatic heterocycles. The van der Waals surface area contributed by atoms with Crippen molar-refractivity contribution in [1.82, 2.24) is 18.8 Å². The van der Waals surface area contributed by atoms with Crippen molar-refractivity contribution in [3.05, 3.63) is 48.4 Å². The van der Waals surface area contributed by atoms with Crippen LogP contribution in [0.1, 0.15) is 39.2 Å². The van der Waals surface area contributed by atoms with Crippen molar-refractivity contribution in [1.29, 1.82) is 0 Å². The van der Waals surface area contributed by atoms with E-state index in [1.165, 1.54) is 16.5 Å². The highest BCUT2D eigenvalue weighted by Crippen LogP contribution is 2.29. The highest BCUT2D eigenvalue weighted by molar-refractivity contribution is 7.90. The fourth-order valence-electron chi connectivity index (χ4n) is 4.13. The van der Waals surface area contributed by atoms with Gasteiger partial charge in [0, 0.05) is 26.3 Å². The van der Waals surface area contributed by atoms with Crippen molar-refractivity contribution in [2.75, 3.05) is 25.0 Å². The van der Waals surface area contributed by atoms with Gasteiger partial charge >= 0.3 is 6.09 Å². The first-order valence-electron chi connectivity index (χ1n) is 11.3. The summed E-state index contributed by atoms with van der Waals surface area (Å²) < 4.78 is 33.3. The van der Waals surface area contributed by atoms with Crippen LogP contribution in [-0.4, -0.2) is 65.1 Å². The average Bonchev–Trinajstić information content (AvgIpc) is 3.23. The van der Waals surface area contributed by atoms with Crippen LogP contribution in [0.25, 0.3) is 11.0 Å². The second kappa shape index (κ2) is 8.90. The first-order chi connectivity index (χ1) is 16.0. The molecule has 1 fully saturated rings. The van der Waals surface area contributed by atoms with E-state index in [2.05, 4.69) is 14.9 Å². The predicted molar refractivity (Wildman–Crippen MR) is 131 cm³/mol. The van der Waals surface area contributed by atoms with E-state index in [4.69, 9.17) is 4.74 Å². The topological polar surface area (TPSA) is 97.6 Å². The van der Waals surface area contributed by atoms with Crippen LogP contribution >= 0.6 is 0 Å². The lowest BCUT2D eigenvalue weighted by molar-refractivity contribution is 0.0209. The number of carbonyl (C=O) groups excluding carboxylic acids is 1. The molecule has 182 valence electrons. The zero-order chi connectivity index (χ0) is 24.7. The van der Waals surface area contributed by atoms with Gasteiger partial charge in [-0.1, -0.05) is 17.7 Å². The Bertz CT molecular complexity index is 1300. The van der Waals surface area contributed by atoms with Crippen molar-refractivity contribution in [3.63, 3.8) is 0 Å². The molecule has 1 amide bonds. The van der Waals surface area contributed by atoms with E-state index >= 15 is 0 Å². The maximum atomic E-state index is 13.3. The Balaban J connectivity index is 1.63. The Morgan fingerprint density at radius 1 is 1.15 bits per heavy atom. The van der Waals surface area contributed by atoms with Gasteiger partial charge in [0.1, 0.15) is 17.7 Å². The molecular formula is C24H31N5O4S. The average molecular weight is 486 g/mol. The first kappa shape index (κ1) is 24.0. The summed E-state index contributed by atoms with van der Waals surface area (Å²) in [7, 11) is -2.05. The highest BCUT2D eigenvalue weighted by Gasteiger charge is 2.31. The van der Waals surface area contributed by atoms with Crippen molar-refractivity contribution < 1.29 is 17.9 Å². The van der Waals surface area contributed by atoms with Crippen LogP contribution in [0.15, 0.2) is 47.8 Å². The summed E-state index contributed by atoms with van der Waals surface area (Å²) in [5, 5.41) is 0.652. The van der Waals surface area contributed by atoms with E-state index < -0.39 is 15.6 Å². The molecule has 3 heterocycles. The number of benzene rings is 1. The molecule has 9 nitrogen and oxygen atoms in total. The lowest BCUT2D eigenvalue weighted by Gasteiger charge is -2.38. The van der Waals surface area contributed by atoms with Gasteiger partial charge in [-0.3, -0.25) is 0 Å². The number of fused-ring (bicyclic) bond motifs is 1. The lowest BCUT2D eigenvalue weighted by atomic mass is 10.0. The minimum atomic E-state index is -3.80. The van der Waals surface area contributed by atoms with Crippen LogP contribution in [0.3, 0.4) is 0 Å². The minimum absolute atomic E-state index is 0.0491. The summed E-state index contributed by atoms with van der Waals surface area (Å²) in [6.07, 6.45) is 4.27. The lowest BCUT2D eigenvalue weighted by Crippen LogP contribution is -2.50. The van der Waals surface area contributed by atoms with Gasteiger partial charge in [-0.15, -0.1) is 0 Å². The van der Waals surface area contributed by atoms with Crippen LogP contribution in [0.4, 0.5) is 10.6 Å². The summed E-state index contributed by atoms with van der Waals surface area (Å²) in [6.45, 7) is 8.77. The number of carbonyl (C=O) groups is 1. The Hall–Kier alpha value is -3.14. The largest absolute Gasteiger partial charge is 0.444 e. The van der Waals surface area contributed by atoms with Crippen LogP contribution < -0.4 is 4.90 Å². The number of hydrogen-bond acceptors (Lipinski definition) is 7. The van der Waals surface area contributed by atoms with Crippen molar-refractivity contribution in [3.8, 4) is 0 Å². The van der Waals surface area contributed by atoms with Gasteiger partial charge in [-0.2, -0.15) is 0 Å². The summed E-state index contributed by atoms with van der Waals surface area (Å²) in [6, 6.07) is 8.42. The molecule has 1 aromatic carbocycles. The molecule has 1 atom stereocenters. The molecule has 4 rings (SSSR count). The molecule has 34 heavy (non-hydrogen) atoms. The number of likely N-dealkylation sites (N-methyl/N-ethyl adjacent to an activating group) is 1. The standard InChI is InChI=1S/C24H31N5O4S/c1-17-8-10-19(11-9-17)34(31,32)29-14-12-20-21(25-16-26-22(20)29)28-13-6-7-18(15-28)27(5)23(30)33-24(2,3)4/h8-12,14,16,18H,6-7,13,15H2,1-5H3. The second-order valence-electron chi connectivity index (χ2n) is 9.70. The molecule has 10 heteroatoms. The maximum Gasteiger partial charge on any atom is 0.410 e. The van der Waals surface area contributed by atoms with E-state index in [0.717, 1.165) is 24.9 Å². The van der Waals surface area contributed by atoms with Gasteiger partial charge in [-0.25, -0.2) is 27.2 Å². The third kappa shape index (κ3) is 4.72. The molecule has 1 aliphatic rings. The number of hydrogen-bond donors (Lipinski definition) is 0. The van der Waals surface area contributed by atoms with Crippen molar-refractivity contribution >= 4 is 33.0 Å². The molecule has 0 spiro atoms. The monoisotopic (exact) mass is 485 g/mol. The van der Waals surface area contributed by atoms with Gasteiger partial charge in [0.25, 0.3) is 10.0 Å². The molecule has 0 aliphatic carbocycles. The maximum absolute atomic E-state index is 13.3. The van der Waals surface area contributed by atoms with E-state index in [-0.39, 0.29) is 17.0 Å². The Labute approximate surface area is 200 Å². The van der Waals surface area contributed by atoms with Gasteiger partial charge in [-0.05, 0) is 58.7 Å². The summed E-state index contributed by atoms with van der Waals surface area (Å²) in [5.41, 5.74) is 0.745. The molecule has 3 aromatic rings. The molecule has 0 radical (unpaired) electrons. The number of nitrogens with zero attached hydrogens (tertiary/aromatic N) is 5. The minimum Gasteiger partial charge on any atom is -0.444 e. The summed E-state index contributed by atoms with van der Waals surface area (Å²) >= 11 is 0. The second-order valence-corrected chi connectivity index (χ2v) is 11.5. The van der Waals surface area contributed by atoms with Crippen LogP contribution in [0, 0.1) is 6.92 Å². The number of ether oxygens (including phenoxy) is 1. The number of piperidine rings is 1. The van der Waals surface area contributed by atoms with Gasteiger partial charge < -0.3 is 14.5 Å². The van der Waals surface area contributed by atoms with Crippen LogP contribution in [0.5, 0.6) is 0 Å². The molecule has 0 saturated carbocycles. The smallest absolute Gasteiger partial charge is 0.410 e. The molecule has 1 unspecified atom stereocenters. The third-order valence-electron chi connectivity index (χ3n) is 5.93.